The van der Waals surface area contributed by atoms with E-state index < -0.39 is 24.0 Å². The van der Waals surface area contributed by atoms with Gasteiger partial charge in [0.05, 0.1) is 12.6 Å². The molecule has 0 saturated heterocycles. The number of carboxylic acids is 1. The second-order valence-electron chi connectivity index (χ2n) is 2.42. The maximum absolute atomic E-state index is 11.2. The zero-order chi connectivity index (χ0) is 10.6. The van der Waals surface area contributed by atoms with E-state index in [2.05, 4.69) is 9.97 Å². The van der Waals surface area contributed by atoms with E-state index in [0.29, 0.717) is 0 Å². The van der Waals surface area contributed by atoms with Gasteiger partial charge in [0.15, 0.2) is 5.78 Å². The minimum absolute atomic E-state index is 0.0119. The summed E-state index contributed by atoms with van der Waals surface area (Å²) in [5, 5.41) is 8.24. The molecule has 1 heterocycles. The summed E-state index contributed by atoms with van der Waals surface area (Å²) in [6, 6.07) is 0. The summed E-state index contributed by atoms with van der Waals surface area (Å²) < 4.78 is 0. The Balaban J connectivity index is 2.69. The van der Waals surface area contributed by atoms with Crippen molar-refractivity contribution in [1.29, 1.82) is 0 Å². The van der Waals surface area contributed by atoms with E-state index in [1.165, 1.54) is 18.6 Å². The van der Waals surface area contributed by atoms with Crippen LogP contribution in [0.2, 0.25) is 0 Å². The van der Waals surface area contributed by atoms with Gasteiger partial charge in [-0.25, -0.2) is 9.78 Å². The Morgan fingerprint density at radius 2 is 2.00 bits per heavy atom. The van der Waals surface area contributed by atoms with Gasteiger partial charge in [-0.2, -0.15) is 0 Å². The van der Waals surface area contributed by atoms with Gasteiger partial charge < -0.3 is 5.11 Å². The fraction of sp³-hybridized carbons (Fsp3) is 0.125. The summed E-state index contributed by atoms with van der Waals surface area (Å²) in [7, 11) is 0. The number of hydrogen-bond acceptors (Lipinski definition) is 5. The second kappa shape index (κ2) is 4.22. The van der Waals surface area contributed by atoms with Gasteiger partial charge in [0.25, 0.3) is 0 Å². The van der Waals surface area contributed by atoms with Crippen LogP contribution in [-0.2, 0) is 9.59 Å². The van der Waals surface area contributed by atoms with Crippen LogP contribution in [0.1, 0.15) is 16.9 Å². The summed E-state index contributed by atoms with van der Waals surface area (Å²) in [5.41, 5.74) is -0.0119. The second-order valence-corrected chi connectivity index (χ2v) is 2.42. The van der Waals surface area contributed by atoms with E-state index in [4.69, 9.17) is 5.11 Å². The lowest BCUT2D eigenvalue weighted by atomic mass is 10.1. The summed E-state index contributed by atoms with van der Waals surface area (Å²) in [6.07, 6.45) is 3.15. The molecule has 0 aliphatic heterocycles. The van der Waals surface area contributed by atoms with Crippen LogP contribution in [0.3, 0.4) is 0 Å². The van der Waals surface area contributed by atoms with E-state index >= 15 is 0 Å². The molecule has 0 unspecified atom stereocenters. The van der Waals surface area contributed by atoms with Gasteiger partial charge in [0.1, 0.15) is 5.69 Å². The number of carbonyl (C=O) groups is 3. The molecule has 0 aromatic carbocycles. The quantitative estimate of drug-likeness (QED) is 0.401. The number of rotatable bonds is 4. The molecule has 0 bridgehead atoms. The number of nitrogens with zero attached hydrogens (tertiary/aromatic N) is 2. The van der Waals surface area contributed by atoms with E-state index in [1.807, 2.05) is 0 Å². The van der Waals surface area contributed by atoms with Crippen molar-refractivity contribution < 1.29 is 19.5 Å². The molecule has 0 spiro atoms. The van der Waals surface area contributed by atoms with Crippen molar-refractivity contribution in [2.45, 2.75) is 6.42 Å². The number of hydrogen-bond donors (Lipinski definition) is 1. The maximum Gasteiger partial charge on any atom is 0.372 e. The van der Waals surface area contributed by atoms with Crippen LogP contribution in [0.4, 0.5) is 0 Å². The maximum atomic E-state index is 11.2. The van der Waals surface area contributed by atoms with Gasteiger partial charge in [0, 0.05) is 12.4 Å². The first kappa shape index (κ1) is 9.97. The molecule has 1 N–H and O–H groups in total. The average molecular weight is 194 g/mol. The Kier molecular flexibility index (Phi) is 3.01. The van der Waals surface area contributed by atoms with E-state index in [0.717, 1.165) is 0 Å². The van der Waals surface area contributed by atoms with Gasteiger partial charge in [0.2, 0.25) is 5.78 Å². The highest BCUT2D eigenvalue weighted by molar-refractivity contribution is 6.37. The standard InChI is InChI=1S/C8H6N2O4/c11-6(3-7(12)8(13)14)5-4-9-1-2-10-5/h1-2,4H,3H2,(H,13,14). The zero-order valence-electron chi connectivity index (χ0n) is 7.01. The molecule has 0 aliphatic rings. The Bertz CT molecular complexity index is 374. The van der Waals surface area contributed by atoms with E-state index in [1.54, 1.807) is 0 Å². The minimum atomic E-state index is -1.62. The number of carboxylic acid groups (broad SMARTS) is 1. The Labute approximate surface area is 78.6 Å². The fourth-order valence-electron chi connectivity index (χ4n) is 0.755. The van der Waals surface area contributed by atoms with Crippen molar-refractivity contribution in [3.05, 3.63) is 24.3 Å². The fourth-order valence-corrected chi connectivity index (χ4v) is 0.755. The van der Waals surface area contributed by atoms with Gasteiger partial charge in [-0.05, 0) is 0 Å². The van der Waals surface area contributed by atoms with Crippen LogP contribution < -0.4 is 0 Å². The SMILES string of the molecule is O=C(O)C(=O)CC(=O)c1cnccn1. The number of ketones is 2. The Hall–Kier alpha value is -2.11. The topological polar surface area (TPSA) is 97.2 Å². The highest BCUT2D eigenvalue weighted by atomic mass is 16.4. The van der Waals surface area contributed by atoms with Gasteiger partial charge in [-0.15, -0.1) is 0 Å². The lowest BCUT2D eigenvalue weighted by Gasteiger charge is -1.95. The number of aliphatic carboxylic acids is 1. The van der Waals surface area contributed by atoms with Crippen LogP contribution in [0.5, 0.6) is 0 Å². The lowest BCUT2D eigenvalue weighted by Crippen LogP contribution is -2.17. The van der Waals surface area contributed by atoms with Gasteiger partial charge in [-0.1, -0.05) is 0 Å². The first-order valence-electron chi connectivity index (χ1n) is 3.66. The Morgan fingerprint density at radius 1 is 1.29 bits per heavy atom. The molecule has 0 radical (unpaired) electrons. The molecule has 0 fully saturated rings. The summed E-state index contributed by atoms with van der Waals surface area (Å²) in [4.78, 5) is 39.2. The summed E-state index contributed by atoms with van der Waals surface area (Å²) >= 11 is 0. The first-order chi connectivity index (χ1) is 6.61. The monoisotopic (exact) mass is 194 g/mol. The van der Waals surface area contributed by atoms with Crippen LogP contribution in [0.25, 0.3) is 0 Å². The highest BCUT2D eigenvalue weighted by Gasteiger charge is 2.18. The predicted octanol–water partition coefficient (Wildman–Crippen LogP) is -0.297. The van der Waals surface area contributed by atoms with Crippen LogP contribution in [0.15, 0.2) is 18.6 Å². The van der Waals surface area contributed by atoms with E-state index in [-0.39, 0.29) is 5.69 Å². The third kappa shape index (κ3) is 2.44. The van der Waals surface area contributed by atoms with Crippen LogP contribution in [-0.4, -0.2) is 32.6 Å². The van der Waals surface area contributed by atoms with Gasteiger partial charge >= 0.3 is 5.97 Å². The molecule has 0 aliphatic carbocycles. The molecule has 0 amide bonds. The van der Waals surface area contributed by atoms with Crippen molar-refractivity contribution in [3.63, 3.8) is 0 Å². The summed E-state index contributed by atoms with van der Waals surface area (Å²) in [5.74, 6) is -3.42. The van der Waals surface area contributed by atoms with Crippen molar-refractivity contribution in [1.82, 2.24) is 9.97 Å². The highest BCUT2D eigenvalue weighted by Crippen LogP contribution is 1.97. The summed E-state index contributed by atoms with van der Waals surface area (Å²) in [6.45, 7) is 0. The normalized spacial score (nSPS) is 9.43. The number of Topliss-reactive ketones (excluding diaryl/α,β-unsaturated/α-hetero) is 2. The number of carbonyl (C=O) groups excluding carboxylic acids is 2. The molecule has 72 valence electrons. The van der Waals surface area contributed by atoms with Crippen LogP contribution in [0, 0.1) is 0 Å². The van der Waals surface area contributed by atoms with Gasteiger partial charge in [-0.3, -0.25) is 14.6 Å². The molecule has 6 nitrogen and oxygen atoms in total. The molecule has 6 heteroatoms. The molecule has 1 aromatic heterocycles. The molecular formula is C8H6N2O4. The minimum Gasteiger partial charge on any atom is -0.475 e. The number of aromatic nitrogens is 2. The molecule has 0 saturated carbocycles. The zero-order valence-corrected chi connectivity index (χ0v) is 7.01. The predicted molar refractivity (Wildman–Crippen MR) is 43.6 cm³/mol. The average Bonchev–Trinajstić information content (AvgIpc) is 2.19. The largest absolute Gasteiger partial charge is 0.475 e. The van der Waals surface area contributed by atoms with Crippen LogP contribution >= 0.6 is 0 Å². The van der Waals surface area contributed by atoms with E-state index in [9.17, 15) is 14.4 Å². The van der Waals surface area contributed by atoms with Crippen molar-refractivity contribution >= 4 is 17.5 Å². The Morgan fingerprint density at radius 3 is 2.50 bits per heavy atom. The molecule has 14 heavy (non-hydrogen) atoms. The molecule has 1 aromatic rings. The van der Waals surface area contributed by atoms with Crippen molar-refractivity contribution in [2.24, 2.45) is 0 Å². The lowest BCUT2D eigenvalue weighted by molar-refractivity contribution is -0.148. The smallest absolute Gasteiger partial charge is 0.372 e. The molecule has 1 rings (SSSR count). The van der Waals surface area contributed by atoms with Crippen molar-refractivity contribution in [2.75, 3.05) is 0 Å². The van der Waals surface area contributed by atoms with Crippen molar-refractivity contribution in [3.8, 4) is 0 Å². The molecular weight excluding hydrogens is 188 g/mol. The third-order valence-electron chi connectivity index (χ3n) is 1.41. The molecule has 0 atom stereocenters. The third-order valence-corrected chi connectivity index (χ3v) is 1.41. The first-order valence-corrected chi connectivity index (χ1v) is 3.66.